The molecule has 2 aliphatic heterocycles. The van der Waals surface area contributed by atoms with Gasteiger partial charge in [-0.1, -0.05) is 6.92 Å². The van der Waals surface area contributed by atoms with Crippen LogP contribution in [0, 0.1) is 5.92 Å². The Morgan fingerprint density at radius 1 is 1.43 bits per heavy atom. The fraction of sp³-hybridized carbons (Fsp3) is 0.600. The van der Waals surface area contributed by atoms with Crippen molar-refractivity contribution in [3.63, 3.8) is 0 Å². The van der Waals surface area contributed by atoms with E-state index in [1.54, 1.807) is 22.5 Å². The van der Waals surface area contributed by atoms with Crippen LogP contribution in [0.1, 0.15) is 25.3 Å². The summed E-state index contributed by atoms with van der Waals surface area (Å²) in [4.78, 5) is 0.372. The van der Waals surface area contributed by atoms with E-state index in [1.165, 1.54) is 0 Å². The Hall–Kier alpha value is -1.11. The second-order valence-corrected chi connectivity index (χ2v) is 8.00. The number of nitrogens with two attached hydrogens (primary N) is 1. The standard InChI is InChI=1S/C15H22N2O3S/c1-11-3-2-6-17(10-11)21(18,19)14-4-5-15-12(8-14)7-13(9-16)20-15/h4-5,8,11,13H,2-3,6-7,9-10,16H2,1H3. The van der Waals surface area contributed by atoms with Gasteiger partial charge in [0.15, 0.2) is 0 Å². The third kappa shape index (κ3) is 2.80. The molecule has 21 heavy (non-hydrogen) atoms. The van der Waals surface area contributed by atoms with Gasteiger partial charge in [-0.15, -0.1) is 0 Å². The van der Waals surface area contributed by atoms with Gasteiger partial charge in [-0.25, -0.2) is 8.42 Å². The number of nitrogens with zero attached hydrogens (tertiary/aromatic N) is 1. The van der Waals surface area contributed by atoms with E-state index >= 15 is 0 Å². The fourth-order valence-corrected chi connectivity index (χ4v) is 4.75. The Morgan fingerprint density at radius 2 is 2.24 bits per heavy atom. The predicted molar refractivity (Wildman–Crippen MR) is 80.8 cm³/mol. The lowest BCUT2D eigenvalue weighted by Crippen LogP contribution is -2.39. The minimum atomic E-state index is -3.39. The molecule has 5 nitrogen and oxygen atoms in total. The summed E-state index contributed by atoms with van der Waals surface area (Å²) in [6, 6.07) is 5.15. The molecule has 2 aliphatic rings. The summed E-state index contributed by atoms with van der Waals surface area (Å²) >= 11 is 0. The molecule has 116 valence electrons. The van der Waals surface area contributed by atoms with Crippen molar-refractivity contribution in [3.8, 4) is 5.75 Å². The van der Waals surface area contributed by atoms with Crippen molar-refractivity contribution < 1.29 is 13.2 Å². The monoisotopic (exact) mass is 310 g/mol. The van der Waals surface area contributed by atoms with E-state index in [1.807, 2.05) is 0 Å². The van der Waals surface area contributed by atoms with Gasteiger partial charge in [-0.2, -0.15) is 4.31 Å². The quantitative estimate of drug-likeness (QED) is 0.915. The summed E-state index contributed by atoms with van der Waals surface area (Å²) in [5.74, 6) is 1.18. The highest BCUT2D eigenvalue weighted by Gasteiger charge is 2.30. The van der Waals surface area contributed by atoms with Crippen LogP contribution in [0.3, 0.4) is 0 Å². The first-order chi connectivity index (χ1) is 10.0. The van der Waals surface area contributed by atoms with Gasteiger partial charge in [0.2, 0.25) is 10.0 Å². The zero-order valence-electron chi connectivity index (χ0n) is 12.3. The average molecular weight is 310 g/mol. The van der Waals surface area contributed by atoms with Crippen LogP contribution in [0.25, 0.3) is 0 Å². The van der Waals surface area contributed by atoms with Crippen molar-refractivity contribution >= 4 is 10.0 Å². The molecule has 0 radical (unpaired) electrons. The van der Waals surface area contributed by atoms with Crippen LogP contribution in [0.2, 0.25) is 0 Å². The molecular weight excluding hydrogens is 288 g/mol. The molecule has 1 fully saturated rings. The van der Waals surface area contributed by atoms with E-state index in [9.17, 15) is 8.42 Å². The number of ether oxygens (including phenoxy) is 1. The molecule has 2 atom stereocenters. The number of piperidine rings is 1. The van der Waals surface area contributed by atoms with Gasteiger partial charge in [-0.3, -0.25) is 0 Å². The van der Waals surface area contributed by atoms with Crippen molar-refractivity contribution in [3.05, 3.63) is 23.8 Å². The Balaban J connectivity index is 1.87. The third-order valence-corrected chi connectivity index (χ3v) is 6.15. The second kappa shape index (κ2) is 5.59. The Bertz CT molecular complexity index is 630. The van der Waals surface area contributed by atoms with Crippen LogP contribution in [-0.4, -0.2) is 38.5 Å². The molecule has 0 aromatic heterocycles. The summed E-state index contributed by atoms with van der Waals surface area (Å²) in [6.45, 7) is 3.78. The zero-order valence-corrected chi connectivity index (χ0v) is 13.1. The molecule has 0 spiro atoms. The average Bonchev–Trinajstić information content (AvgIpc) is 2.89. The number of hydrogen-bond acceptors (Lipinski definition) is 4. The van der Waals surface area contributed by atoms with Gasteiger partial charge in [0.1, 0.15) is 11.9 Å². The van der Waals surface area contributed by atoms with Crippen LogP contribution in [0.5, 0.6) is 5.75 Å². The number of fused-ring (bicyclic) bond motifs is 1. The minimum Gasteiger partial charge on any atom is -0.488 e. The van der Waals surface area contributed by atoms with E-state index in [4.69, 9.17) is 10.5 Å². The topological polar surface area (TPSA) is 72.6 Å². The molecule has 0 saturated carbocycles. The first kappa shape index (κ1) is 14.8. The summed E-state index contributed by atoms with van der Waals surface area (Å²) < 4.78 is 32.8. The number of rotatable bonds is 3. The molecule has 0 amide bonds. The van der Waals surface area contributed by atoms with E-state index in [0.717, 1.165) is 24.2 Å². The second-order valence-electron chi connectivity index (χ2n) is 6.06. The molecule has 1 aromatic carbocycles. The highest BCUT2D eigenvalue weighted by molar-refractivity contribution is 7.89. The zero-order chi connectivity index (χ0) is 15.0. The van der Waals surface area contributed by atoms with E-state index in [0.29, 0.717) is 36.9 Å². The van der Waals surface area contributed by atoms with Crippen molar-refractivity contribution in [1.82, 2.24) is 4.31 Å². The molecule has 0 aliphatic carbocycles. The van der Waals surface area contributed by atoms with Gasteiger partial charge in [0, 0.05) is 26.1 Å². The number of hydrogen-bond donors (Lipinski definition) is 1. The van der Waals surface area contributed by atoms with Gasteiger partial charge in [-0.05, 0) is 42.5 Å². The van der Waals surface area contributed by atoms with Crippen molar-refractivity contribution in [1.29, 1.82) is 0 Å². The Labute approximate surface area is 126 Å². The molecule has 1 aromatic rings. The van der Waals surface area contributed by atoms with Crippen LogP contribution in [-0.2, 0) is 16.4 Å². The minimum absolute atomic E-state index is 0.0343. The highest BCUT2D eigenvalue weighted by atomic mass is 32.2. The molecule has 2 N–H and O–H groups in total. The molecule has 2 unspecified atom stereocenters. The predicted octanol–water partition coefficient (Wildman–Crippen LogP) is 1.37. The van der Waals surface area contributed by atoms with Crippen LogP contribution < -0.4 is 10.5 Å². The van der Waals surface area contributed by atoms with Gasteiger partial charge in [0.05, 0.1) is 4.90 Å². The van der Waals surface area contributed by atoms with Crippen molar-refractivity contribution in [2.24, 2.45) is 11.7 Å². The lowest BCUT2D eigenvalue weighted by atomic mass is 10.0. The molecule has 3 rings (SSSR count). The largest absolute Gasteiger partial charge is 0.488 e. The number of benzene rings is 1. The van der Waals surface area contributed by atoms with Gasteiger partial charge >= 0.3 is 0 Å². The smallest absolute Gasteiger partial charge is 0.243 e. The van der Waals surface area contributed by atoms with E-state index < -0.39 is 10.0 Å². The lowest BCUT2D eigenvalue weighted by Gasteiger charge is -2.30. The molecule has 6 heteroatoms. The maximum absolute atomic E-state index is 12.7. The Kier molecular flexibility index (Phi) is 3.94. The highest BCUT2D eigenvalue weighted by Crippen LogP contribution is 2.32. The molecular formula is C15H22N2O3S. The number of sulfonamides is 1. The van der Waals surface area contributed by atoms with E-state index in [-0.39, 0.29) is 6.10 Å². The fourth-order valence-electron chi connectivity index (χ4n) is 3.10. The van der Waals surface area contributed by atoms with Crippen LogP contribution in [0.4, 0.5) is 0 Å². The summed E-state index contributed by atoms with van der Waals surface area (Å²) in [6.07, 6.45) is 2.69. The summed E-state index contributed by atoms with van der Waals surface area (Å²) in [5, 5.41) is 0. The molecule has 2 heterocycles. The summed E-state index contributed by atoms with van der Waals surface area (Å²) in [7, 11) is -3.39. The first-order valence-corrected chi connectivity index (χ1v) is 8.94. The normalized spacial score (nSPS) is 26.4. The molecule has 1 saturated heterocycles. The maximum Gasteiger partial charge on any atom is 0.243 e. The van der Waals surface area contributed by atoms with Gasteiger partial charge in [0.25, 0.3) is 0 Å². The first-order valence-electron chi connectivity index (χ1n) is 7.50. The van der Waals surface area contributed by atoms with Crippen LogP contribution in [0.15, 0.2) is 23.1 Å². The third-order valence-electron chi connectivity index (χ3n) is 4.29. The van der Waals surface area contributed by atoms with Crippen LogP contribution >= 0.6 is 0 Å². The summed E-state index contributed by atoms with van der Waals surface area (Å²) in [5.41, 5.74) is 6.56. The van der Waals surface area contributed by atoms with Crippen molar-refractivity contribution in [2.75, 3.05) is 19.6 Å². The van der Waals surface area contributed by atoms with Crippen molar-refractivity contribution in [2.45, 2.75) is 37.2 Å². The Morgan fingerprint density at radius 3 is 2.95 bits per heavy atom. The van der Waals surface area contributed by atoms with Gasteiger partial charge < -0.3 is 10.5 Å². The lowest BCUT2D eigenvalue weighted by molar-refractivity contribution is 0.241. The molecule has 0 bridgehead atoms. The SMILES string of the molecule is CC1CCCN(S(=O)(=O)c2ccc3c(c2)CC(CN)O3)C1. The van der Waals surface area contributed by atoms with E-state index in [2.05, 4.69) is 6.92 Å². The maximum atomic E-state index is 12.7.